The number of rotatable bonds is 7. The maximum Gasteiger partial charge on any atom is 0.221 e. The minimum absolute atomic E-state index is 0.0386. The lowest BCUT2D eigenvalue weighted by molar-refractivity contribution is -0.121. The summed E-state index contributed by atoms with van der Waals surface area (Å²) in [6.45, 7) is 3.91. The molecule has 2 rings (SSSR count). The monoisotopic (exact) mass is 295 g/mol. The van der Waals surface area contributed by atoms with Crippen molar-refractivity contribution in [2.24, 2.45) is 0 Å². The maximum atomic E-state index is 11.6. The summed E-state index contributed by atoms with van der Waals surface area (Å²) < 4.78 is 3.54. The lowest BCUT2D eigenvalue weighted by Gasteiger charge is -2.05. The molecule has 2 aromatic rings. The molecule has 20 heavy (non-hydrogen) atoms. The first-order chi connectivity index (χ1) is 9.63. The van der Waals surface area contributed by atoms with Gasteiger partial charge in [-0.1, -0.05) is 11.6 Å². The van der Waals surface area contributed by atoms with Gasteiger partial charge in [-0.25, -0.2) is 0 Å². The van der Waals surface area contributed by atoms with Crippen LogP contribution in [-0.4, -0.2) is 32.0 Å². The minimum Gasteiger partial charge on any atom is -0.356 e. The van der Waals surface area contributed by atoms with Crippen molar-refractivity contribution in [3.63, 3.8) is 0 Å². The van der Waals surface area contributed by atoms with Gasteiger partial charge in [0.15, 0.2) is 0 Å². The summed E-state index contributed by atoms with van der Waals surface area (Å²) in [7, 11) is 0. The van der Waals surface area contributed by atoms with Crippen molar-refractivity contribution in [1.29, 1.82) is 0 Å². The first kappa shape index (κ1) is 14.6. The van der Waals surface area contributed by atoms with Crippen LogP contribution in [0.2, 0.25) is 5.02 Å². The number of halogens is 1. The Kier molecular flexibility index (Phi) is 5.17. The van der Waals surface area contributed by atoms with Crippen LogP contribution in [0, 0.1) is 6.92 Å². The molecule has 6 nitrogen and oxygen atoms in total. The van der Waals surface area contributed by atoms with Gasteiger partial charge in [-0.2, -0.15) is 10.2 Å². The molecule has 0 aromatic carbocycles. The topological polar surface area (TPSA) is 64.7 Å². The molecule has 0 saturated heterocycles. The number of aromatic nitrogens is 4. The number of carbonyl (C=O) groups is 1. The van der Waals surface area contributed by atoms with E-state index < -0.39 is 0 Å². The van der Waals surface area contributed by atoms with Gasteiger partial charge < -0.3 is 5.32 Å². The molecule has 0 atom stereocenters. The summed E-state index contributed by atoms with van der Waals surface area (Å²) in [5.74, 6) is 0.0386. The van der Waals surface area contributed by atoms with E-state index in [2.05, 4.69) is 15.5 Å². The fourth-order valence-electron chi connectivity index (χ4n) is 1.82. The average Bonchev–Trinajstić information content (AvgIpc) is 3.01. The Morgan fingerprint density at radius 2 is 2.25 bits per heavy atom. The smallest absolute Gasteiger partial charge is 0.221 e. The molecule has 1 N–H and O–H groups in total. The number of aryl methyl sites for hydroxylation is 3. The zero-order chi connectivity index (χ0) is 14.4. The molecule has 0 bridgehead atoms. The van der Waals surface area contributed by atoms with Crippen LogP contribution in [0.15, 0.2) is 24.7 Å². The van der Waals surface area contributed by atoms with E-state index in [1.54, 1.807) is 21.8 Å². The fourth-order valence-corrected chi connectivity index (χ4v) is 1.98. The molecule has 0 aliphatic carbocycles. The Labute approximate surface area is 122 Å². The van der Waals surface area contributed by atoms with Crippen LogP contribution in [0.25, 0.3) is 0 Å². The highest BCUT2D eigenvalue weighted by molar-refractivity contribution is 6.30. The fraction of sp³-hybridized carbons (Fsp3) is 0.462. The highest BCUT2D eigenvalue weighted by atomic mass is 35.5. The summed E-state index contributed by atoms with van der Waals surface area (Å²) in [5, 5.41) is 11.8. The molecule has 0 saturated carbocycles. The highest BCUT2D eigenvalue weighted by Crippen LogP contribution is 2.04. The zero-order valence-electron chi connectivity index (χ0n) is 11.4. The van der Waals surface area contributed by atoms with E-state index in [0.29, 0.717) is 24.5 Å². The van der Waals surface area contributed by atoms with E-state index in [0.717, 1.165) is 18.7 Å². The van der Waals surface area contributed by atoms with Crippen molar-refractivity contribution in [2.45, 2.75) is 32.9 Å². The van der Waals surface area contributed by atoms with E-state index in [4.69, 9.17) is 11.6 Å². The van der Waals surface area contributed by atoms with Crippen molar-refractivity contribution in [3.05, 3.63) is 35.4 Å². The number of amides is 1. The van der Waals surface area contributed by atoms with Crippen molar-refractivity contribution >= 4 is 17.5 Å². The van der Waals surface area contributed by atoms with Gasteiger partial charge in [0, 0.05) is 38.4 Å². The van der Waals surface area contributed by atoms with Gasteiger partial charge in [-0.3, -0.25) is 14.2 Å². The third-order valence-corrected chi connectivity index (χ3v) is 3.03. The maximum absolute atomic E-state index is 11.6. The highest BCUT2D eigenvalue weighted by Gasteiger charge is 2.02. The summed E-state index contributed by atoms with van der Waals surface area (Å²) in [4.78, 5) is 11.6. The second-order valence-corrected chi connectivity index (χ2v) is 5.03. The van der Waals surface area contributed by atoms with Gasteiger partial charge in [0.2, 0.25) is 5.91 Å². The Morgan fingerprint density at radius 1 is 1.40 bits per heavy atom. The third kappa shape index (κ3) is 4.70. The summed E-state index contributed by atoms with van der Waals surface area (Å²) >= 11 is 5.76. The molecule has 7 heteroatoms. The quantitative estimate of drug-likeness (QED) is 0.790. The Bertz CT molecular complexity index is 563. The van der Waals surface area contributed by atoms with Crippen molar-refractivity contribution in [1.82, 2.24) is 24.9 Å². The molecule has 0 aliphatic rings. The number of hydrogen-bond donors (Lipinski definition) is 1. The molecular weight excluding hydrogens is 278 g/mol. The molecule has 2 heterocycles. The van der Waals surface area contributed by atoms with Gasteiger partial charge in [0.1, 0.15) is 0 Å². The molecule has 2 aromatic heterocycles. The van der Waals surface area contributed by atoms with E-state index in [9.17, 15) is 4.79 Å². The van der Waals surface area contributed by atoms with Crippen molar-refractivity contribution in [2.75, 3.05) is 6.54 Å². The molecule has 0 fully saturated rings. The Balaban J connectivity index is 1.58. The van der Waals surface area contributed by atoms with Crippen LogP contribution < -0.4 is 5.32 Å². The van der Waals surface area contributed by atoms with E-state index in [1.165, 1.54) is 0 Å². The van der Waals surface area contributed by atoms with Crippen molar-refractivity contribution in [3.8, 4) is 0 Å². The van der Waals surface area contributed by atoms with Gasteiger partial charge in [-0.15, -0.1) is 0 Å². The molecule has 0 spiro atoms. The molecule has 0 aliphatic heterocycles. The molecule has 0 unspecified atom stereocenters. The summed E-state index contributed by atoms with van der Waals surface area (Å²) in [6.07, 6.45) is 6.51. The Hall–Kier alpha value is -1.82. The van der Waals surface area contributed by atoms with Crippen LogP contribution in [0.5, 0.6) is 0 Å². The average molecular weight is 296 g/mol. The van der Waals surface area contributed by atoms with E-state index in [1.807, 2.05) is 19.2 Å². The molecule has 108 valence electrons. The molecular formula is C13H18ClN5O. The second-order valence-electron chi connectivity index (χ2n) is 4.60. The predicted molar refractivity (Wildman–Crippen MR) is 76.4 cm³/mol. The number of nitrogens with zero attached hydrogens (tertiary/aromatic N) is 4. The number of nitrogens with one attached hydrogen (secondary N) is 1. The SMILES string of the molecule is Cc1ccn(CCC(=O)NCCCn2cc(Cl)cn2)n1. The predicted octanol–water partition coefficient (Wildman–Crippen LogP) is 1.64. The Morgan fingerprint density at radius 3 is 2.90 bits per heavy atom. The normalized spacial score (nSPS) is 10.7. The standard InChI is InChI=1S/C13H18ClN5O/c1-11-3-7-18(17-11)8-4-13(20)15-5-2-6-19-10-12(14)9-16-19/h3,7,9-10H,2,4-6,8H2,1H3,(H,15,20). The zero-order valence-corrected chi connectivity index (χ0v) is 12.2. The molecule has 0 radical (unpaired) electrons. The van der Waals surface area contributed by atoms with Gasteiger partial charge in [-0.05, 0) is 19.4 Å². The minimum atomic E-state index is 0.0386. The first-order valence-corrected chi connectivity index (χ1v) is 6.96. The van der Waals surface area contributed by atoms with E-state index in [-0.39, 0.29) is 5.91 Å². The first-order valence-electron chi connectivity index (χ1n) is 6.58. The van der Waals surface area contributed by atoms with Crippen molar-refractivity contribution < 1.29 is 4.79 Å². The second kappa shape index (κ2) is 7.09. The third-order valence-electron chi connectivity index (χ3n) is 2.83. The number of carbonyl (C=O) groups excluding carboxylic acids is 1. The summed E-state index contributed by atoms with van der Waals surface area (Å²) in [6, 6.07) is 1.92. The van der Waals surface area contributed by atoms with Gasteiger partial charge in [0.25, 0.3) is 0 Å². The van der Waals surface area contributed by atoms with Gasteiger partial charge >= 0.3 is 0 Å². The van der Waals surface area contributed by atoms with Crippen LogP contribution >= 0.6 is 11.6 Å². The van der Waals surface area contributed by atoms with Crippen LogP contribution in [0.3, 0.4) is 0 Å². The number of hydrogen-bond acceptors (Lipinski definition) is 3. The van der Waals surface area contributed by atoms with Gasteiger partial charge in [0.05, 0.1) is 16.9 Å². The van der Waals surface area contributed by atoms with E-state index >= 15 is 0 Å². The summed E-state index contributed by atoms with van der Waals surface area (Å²) in [5.41, 5.74) is 0.961. The molecule has 1 amide bonds. The largest absolute Gasteiger partial charge is 0.356 e. The van der Waals surface area contributed by atoms with Crippen LogP contribution in [-0.2, 0) is 17.9 Å². The van der Waals surface area contributed by atoms with Crippen LogP contribution in [0.1, 0.15) is 18.5 Å². The van der Waals surface area contributed by atoms with Crippen LogP contribution in [0.4, 0.5) is 0 Å². The lowest BCUT2D eigenvalue weighted by atomic mass is 10.3. The lowest BCUT2D eigenvalue weighted by Crippen LogP contribution is -2.26.